The number of carbonyl (C=O) groups excluding carboxylic acids is 3. The predicted octanol–water partition coefficient (Wildman–Crippen LogP) is 4.01. The van der Waals surface area contributed by atoms with Crippen LogP contribution in [0.2, 0.25) is 0 Å². The van der Waals surface area contributed by atoms with Gasteiger partial charge in [-0.2, -0.15) is 12.6 Å². The standard InChI is InChI=1S/C24H39N3O4S/c1-9-17(5)27(22(29)19(14-32)26-23(30)31-24(6,7)8)20(21(28)25-15(2)3)18-12-10-11-16(4)13-18/h10-13,15,17,19-20,32H,9,14H2,1-8H3,(H,25,28)(H,26,30). The molecule has 0 bridgehead atoms. The lowest BCUT2D eigenvalue weighted by atomic mass is 9.98. The van der Waals surface area contributed by atoms with Crippen LogP contribution in [0, 0.1) is 6.92 Å². The molecule has 0 aliphatic carbocycles. The van der Waals surface area contributed by atoms with E-state index < -0.39 is 23.8 Å². The van der Waals surface area contributed by atoms with E-state index >= 15 is 0 Å². The highest BCUT2D eigenvalue weighted by Gasteiger charge is 2.38. The van der Waals surface area contributed by atoms with Gasteiger partial charge >= 0.3 is 6.09 Å². The minimum absolute atomic E-state index is 0.0668. The SMILES string of the molecule is CCC(C)N(C(=O)C(CS)NC(=O)OC(C)(C)C)C(C(=O)NC(C)C)c1cccc(C)c1. The minimum Gasteiger partial charge on any atom is -0.444 e. The highest BCUT2D eigenvalue weighted by atomic mass is 32.1. The molecule has 1 rings (SSSR count). The Labute approximate surface area is 198 Å². The second-order valence-electron chi connectivity index (χ2n) is 9.36. The van der Waals surface area contributed by atoms with E-state index in [1.807, 2.05) is 58.9 Å². The molecule has 0 saturated heterocycles. The van der Waals surface area contributed by atoms with Crippen molar-refractivity contribution in [3.8, 4) is 0 Å². The summed E-state index contributed by atoms with van der Waals surface area (Å²) >= 11 is 4.29. The molecule has 0 saturated carbocycles. The lowest BCUT2D eigenvalue weighted by Gasteiger charge is -2.38. The number of nitrogens with one attached hydrogen (secondary N) is 2. The van der Waals surface area contributed by atoms with Crippen LogP contribution < -0.4 is 10.6 Å². The Morgan fingerprint density at radius 1 is 1.12 bits per heavy atom. The number of benzene rings is 1. The third kappa shape index (κ3) is 8.37. The van der Waals surface area contributed by atoms with Crippen molar-refractivity contribution in [2.45, 2.75) is 91.6 Å². The number of nitrogens with zero attached hydrogens (tertiary/aromatic N) is 1. The molecule has 32 heavy (non-hydrogen) atoms. The van der Waals surface area contributed by atoms with Crippen LogP contribution in [0.1, 0.15) is 72.1 Å². The van der Waals surface area contributed by atoms with Gasteiger partial charge in [-0.25, -0.2) is 4.79 Å². The van der Waals surface area contributed by atoms with Gasteiger partial charge in [0, 0.05) is 17.8 Å². The maximum absolute atomic E-state index is 13.7. The number of amides is 3. The highest BCUT2D eigenvalue weighted by molar-refractivity contribution is 7.80. The van der Waals surface area contributed by atoms with Gasteiger partial charge in [-0.15, -0.1) is 0 Å². The zero-order valence-corrected chi connectivity index (χ0v) is 21.5. The van der Waals surface area contributed by atoms with Crippen molar-refractivity contribution >= 4 is 30.5 Å². The number of thiol groups is 1. The molecular formula is C24H39N3O4S. The van der Waals surface area contributed by atoms with Gasteiger partial charge in [-0.05, 0) is 60.5 Å². The Balaban J connectivity index is 3.41. The van der Waals surface area contributed by atoms with E-state index in [-0.39, 0.29) is 29.7 Å². The average Bonchev–Trinajstić information content (AvgIpc) is 2.67. The van der Waals surface area contributed by atoms with Crippen LogP contribution in [0.4, 0.5) is 4.79 Å². The first kappa shape index (κ1) is 27.8. The predicted molar refractivity (Wildman–Crippen MR) is 131 cm³/mol. The largest absolute Gasteiger partial charge is 0.444 e. The number of ether oxygens (including phenoxy) is 1. The smallest absolute Gasteiger partial charge is 0.408 e. The van der Waals surface area contributed by atoms with Crippen molar-refractivity contribution in [3.05, 3.63) is 35.4 Å². The maximum Gasteiger partial charge on any atom is 0.408 e. The van der Waals surface area contributed by atoms with Crippen molar-refractivity contribution in [2.24, 2.45) is 0 Å². The molecule has 1 aromatic rings. The van der Waals surface area contributed by atoms with E-state index in [4.69, 9.17) is 4.74 Å². The molecule has 0 radical (unpaired) electrons. The fraction of sp³-hybridized carbons (Fsp3) is 0.625. The van der Waals surface area contributed by atoms with Crippen molar-refractivity contribution in [1.29, 1.82) is 0 Å². The Kier molecular flexibility index (Phi) is 10.5. The Hall–Kier alpha value is -2.22. The van der Waals surface area contributed by atoms with E-state index in [0.717, 1.165) is 5.56 Å². The molecule has 0 aliphatic heterocycles. The first-order chi connectivity index (χ1) is 14.8. The number of carbonyl (C=O) groups is 3. The number of hydrogen-bond donors (Lipinski definition) is 3. The fourth-order valence-electron chi connectivity index (χ4n) is 3.25. The Morgan fingerprint density at radius 3 is 2.22 bits per heavy atom. The molecule has 0 heterocycles. The van der Waals surface area contributed by atoms with E-state index in [0.29, 0.717) is 12.0 Å². The van der Waals surface area contributed by atoms with Crippen LogP contribution in [0.3, 0.4) is 0 Å². The number of rotatable bonds is 9. The third-order valence-electron chi connectivity index (χ3n) is 4.81. The Morgan fingerprint density at radius 2 is 1.75 bits per heavy atom. The van der Waals surface area contributed by atoms with Crippen LogP contribution in [-0.2, 0) is 14.3 Å². The monoisotopic (exact) mass is 465 g/mol. The van der Waals surface area contributed by atoms with Gasteiger partial charge in [0.15, 0.2) is 0 Å². The van der Waals surface area contributed by atoms with Crippen molar-refractivity contribution in [2.75, 3.05) is 5.75 Å². The van der Waals surface area contributed by atoms with Gasteiger partial charge < -0.3 is 20.3 Å². The molecule has 3 amide bonds. The molecular weight excluding hydrogens is 426 g/mol. The normalized spacial score (nSPS) is 14.3. The first-order valence-electron chi connectivity index (χ1n) is 11.1. The van der Waals surface area contributed by atoms with Crippen molar-refractivity contribution < 1.29 is 19.1 Å². The molecule has 0 fully saturated rings. The van der Waals surface area contributed by atoms with Crippen molar-refractivity contribution in [1.82, 2.24) is 15.5 Å². The number of aryl methyl sites for hydroxylation is 1. The van der Waals surface area contributed by atoms with E-state index in [9.17, 15) is 14.4 Å². The molecule has 0 spiro atoms. The average molecular weight is 466 g/mol. The first-order valence-corrected chi connectivity index (χ1v) is 11.7. The van der Waals surface area contributed by atoms with Gasteiger partial charge in [0.1, 0.15) is 17.7 Å². The lowest BCUT2D eigenvalue weighted by Crippen LogP contribution is -2.56. The van der Waals surface area contributed by atoms with Gasteiger partial charge in [0.2, 0.25) is 11.8 Å². The summed E-state index contributed by atoms with van der Waals surface area (Å²) in [5.41, 5.74) is 0.998. The molecule has 3 unspecified atom stereocenters. The van der Waals surface area contributed by atoms with Crippen LogP contribution in [0.5, 0.6) is 0 Å². The van der Waals surface area contributed by atoms with Gasteiger partial charge in [-0.3, -0.25) is 9.59 Å². The second kappa shape index (κ2) is 12.1. The highest BCUT2D eigenvalue weighted by Crippen LogP contribution is 2.27. The van der Waals surface area contributed by atoms with Crippen molar-refractivity contribution in [3.63, 3.8) is 0 Å². The summed E-state index contributed by atoms with van der Waals surface area (Å²) in [7, 11) is 0. The summed E-state index contributed by atoms with van der Waals surface area (Å²) in [6.07, 6.45) is -0.0675. The summed E-state index contributed by atoms with van der Waals surface area (Å²) in [4.78, 5) is 40.9. The molecule has 3 atom stereocenters. The minimum atomic E-state index is -0.943. The van der Waals surface area contributed by atoms with Gasteiger partial charge in [0.25, 0.3) is 0 Å². The summed E-state index contributed by atoms with van der Waals surface area (Å²) in [5, 5.41) is 5.56. The lowest BCUT2D eigenvalue weighted by molar-refractivity contribution is -0.144. The fourth-order valence-corrected chi connectivity index (χ4v) is 3.50. The summed E-state index contributed by atoms with van der Waals surface area (Å²) in [6, 6.07) is 5.43. The zero-order valence-electron chi connectivity index (χ0n) is 20.6. The molecule has 180 valence electrons. The van der Waals surface area contributed by atoms with Crippen LogP contribution in [-0.4, -0.2) is 52.3 Å². The zero-order chi connectivity index (χ0) is 24.6. The summed E-state index contributed by atoms with van der Waals surface area (Å²) in [6.45, 7) is 14.8. The molecule has 8 heteroatoms. The Bertz CT molecular complexity index is 792. The summed E-state index contributed by atoms with van der Waals surface area (Å²) in [5.74, 6) is -0.586. The van der Waals surface area contributed by atoms with Gasteiger partial charge in [-0.1, -0.05) is 36.8 Å². The molecule has 2 N–H and O–H groups in total. The van der Waals surface area contributed by atoms with Crippen LogP contribution in [0.25, 0.3) is 0 Å². The quantitative estimate of drug-likeness (QED) is 0.481. The maximum atomic E-state index is 13.7. The molecule has 7 nitrogen and oxygen atoms in total. The second-order valence-corrected chi connectivity index (χ2v) is 9.73. The molecule has 0 aliphatic rings. The van der Waals surface area contributed by atoms with E-state index in [1.165, 1.54) is 0 Å². The number of hydrogen-bond acceptors (Lipinski definition) is 5. The van der Waals surface area contributed by atoms with Gasteiger partial charge in [0.05, 0.1) is 0 Å². The number of alkyl carbamates (subject to hydrolysis) is 1. The third-order valence-corrected chi connectivity index (χ3v) is 5.17. The molecule has 1 aromatic carbocycles. The topological polar surface area (TPSA) is 87.7 Å². The summed E-state index contributed by atoms with van der Waals surface area (Å²) < 4.78 is 5.31. The van der Waals surface area contributed by atoms with Crippen LogP contribution in [0.15, 0.2) is 24.3 Å². The van der Waals surface area contributed by atoms with E-state index in [2.05, 4.69) is 23.3 Å². The van der Waals surface area contributed by atoms with Crippen LogP contribution >= 0.6 is 12.6 Å². The van der Waals surface area contributed by atoms with E-state index in [1.54, 1.807) is 25.7 Å². The molecule has 0 aromatic heterocycles.